The van der Waals surface area contributed by atoms with E-state index in [-0.39, 0.29) is 17.5 Å². The van der Waals surface area contributed by atoms with Crippen LogP contribution in [0.3, 0.4) is 0 Å². The van der Waals surface area contributed by atoms with Gasteiger partial charge in [-0.3, -0.25) is 0 Å². The fourth-order valence-corrected chi connectivity index (χ4v) is 4.61. The second-order valence-electron chi connectivity index (χ2n) is 5.27. The Morgan fingerprint density at radius 2 is 2.10 bits per heavy atom. The van der Waals surface area contributed by atoms with E-state index in [4.69, 9.17) is 5.73 Å². The molecule has 0 saturated carbocycles. The van der Waals surface area contributed by atoms with Crippen LogP contribution in [0.4, 0.5) is 4.39 Å². The molecule has 1 heterocycles. The summed E-state index contributed by atoms with van der Waals surface area (Å²) < 4.78 is 40.5. The molecule has 1 saturated heterocycles. The Balaban J connectivity index is 2.45. The van der Waals surface area contributed by atoms with Crippen LogP contribution in [0.5, 0.6) is 0 Å². The van der Waals surface area contributed by atoms with Crippen LogP contribution in [0.15, 0.2) is 23.1 Å². The van der Waals surface area contributed by atoms with E-state index in [1.807, 2.05) is 6.92 Å². The molecule has 1 aromatic rings. The average Bonchev–Trinajstić information content (AvgIpc) is 2.63. The van der Waals surface area contributed by atoms with E-state index in [2.05, 4.69) is 0 Å². The number of benzene rings is 1. The molecule has 0 bridgehead atoms. The van der Waals surface area contributed by atoms with Crippen molar-refractivity contribution < 1.29 is 12.8 Å². The molecule has 0 amide bonds. The monoisotopic (exact) mass is 300 g/mol. The zero-order chi connectivity index (χ0) is 14.8. The molecular formula is C14H21FN2O2S. The maximum atomic E-state index is 13.4. The summed E-state index contributed by atoms with van der Waals surface area (Å²) in [6, 6.07) is 3.71. The predicted octanol–water partition coefficient (Wildman–Crippen LogP) is 2.24. The molecule has 6 heteroatoms. The molecule has 2 rings (SSSR count). The van der Waals surface area contributed by atoms with Gasteiger partial charge in [0.05, 0.1) is 4.90 Å². The molecule has 112 valence electrons. The van der Waals surface area contributed by atoms with E-state index in [1.54, 1.807) is 0 Å². The third kappa shape index (κ3) is 3.02. The number of sulfonamides is 1. The van der Waals surface area contributed by atoms with Crippen molar-refractivity contribution in [3.8, 4) is 0 Å². The largest absolute Gasteiger partial charge is 0.326 e. The van der Waals surface area contributed by atoms with Crippen molar-refractivity contribution in [1.29, 1.82) is 0 Å². The van der Waals surface area contributed by atoms with E-state index in [0.29, 0.717) is 12.1 Å². The standard InChI is InChI=1S/C14H21FN2O2S/c1-11-5-3-2-4-8-17(11)20(18,19)14-9-13(15)7-6-12(14)10-16/h6-7,9,11H,2-5,8,10,16H2,1H3. The summed E-state index contributed by atoms with van der Waals surface area (Å²) in [6.07, 6.45) is 3.74. The Morgan fingerprint density at radius 1 is 1.35 bits per heavy atom. The molecular weight excluding hydrogens is 279 g/mol. The molecule has 1 unspecified atom stereocenters. The van der Waals surface area contributed by atoms with E-state index in [1.165, 1.54) is 16.4 Å². The van der Waals surface area contributed by atoms with Gasteiger partial charge >= 0.3 is 0 Å². The molecule has 1 aliphatic heterocycles. The summed E-state index contributed by atoms with van der Waals surface area (Å²) in [5.74, 6) is -0.553. The average molecular weight is 300 g/mol. The SMILES string of the molecule is CC1CCCCCN1S(=O)(=O)c1cc(F)ccc1CN. The minimum Gasteiger partial charge on any atom is -0.326 e. The van der Waals surface area contributed by atoms with Gasteiger partial charge < -0.3 is 5.73 Å². The molecule has 0 spiro atoms. The Labute approximate surface area is 119 Å². The van der Waals surface area contributed by atoms with Gasteiger partial charge in [0.25, 0.3) is 0 Å². The minimum absolute atomic E-state index is 0.00810. The number of nitrogens with zero attached hydrogens (tertiary/aromatic N) is 1. The van der Waals surface area contributed by atoms with Crippen molar-refractivity contribution >= 4 is 10.0 Å². The summed E-state index contributed by atoms with van der Waals surface area (Å²) in [4.78, 5) is 0.00810. The minimum atomic E-state index is -3.69. The third-order valence-electron chi connectivity index (χ3n) is 3.83. The van der Waals surface area contributed by atoms with E-state index in [9.17, 15) is 12.8 Å². The Bertz CT molecular complexity index is 575. The van der Waals surface area contributed by atoms with Crippen LogP contribution in [0.1, 0.15) is 38.2 Å². The van der Waals surface area contributed by atoms with E-state index < -0.39 is 15.8 Å². The highest BCUT2D eigenvalue weighted by molar-refractivity contribution is 7.89. The lowest BCUT2D eigenvalue weighted by atomic mass is 10.1. The van der Waals surface area contributed by atoms with Crippen molar-refractivity contribution in [3.63, 3.8) is 0 Å². The third-order valence-corrected chi connectivity index (χ3v) is 5.92. The first-order chi connectivity index (χ1) is 9.46. The van der Waals surface area contributed by atoms with Crippen molar-refractivity contribution in [2.75, 3.05) is 6.54 Å². The van der Waals surface area contributed by atoms with Crippen LogP contribution in [-0.4, -0.2) is 25.3 Å². The first-order valence-corrected chi connectivity index (χ1v) is 8.41. The number of hydrogen-bond acceptors (Lipinski definition) is 3. The van der Waals surface area contributed by atoms with Crippen molar-refractivity contribution in [3.05, 3.63) is 29.6 Å². The van der Waals surface area contributed by atoms with Gasteiger partial charge in [-0.2, -0.15) is 4.31 Å². The highest BCUT2D eigenvalue weighted by Crippen LogP contribution is 2.27. The van der Waals surface area contributed by atoms with Crippen LogP contribution in [-0.2, 0) is 16.6 Å². The Morgan fingerprint density at radius 3 is 2.80 bits per heavy atom. The zero-order valence-electron chi connectivity index (χ0n) is 11.7. The van der Waals surface area contributed by atoms with Crippen LogP contribution in [0.2, 0.25) is 0 Å². The van der Waals surface area contributed by atoms with Gasteiger partial charge in [-0.05, 0) is 37.5 Å². The topological polar surface area (TPSA) is 63.4 Å². The normalized spacial score (nSPS) is 21.6. The summed E-state index contributed by atoms with van der Waals surface area (Å²) in [5.41, 5.74) is 6.05. The molecule has 1 fully saturated rings. The van der Waals surface area contributed by atoms with Crippen molar-refractivity contribution in [2.45, 2.75) is 50.1 Å². The zero-order valence-corrected chi connectivity index (χ0v) is 12.5. The highest BCUT2D eigenvalue weighted by Gasteiger charge is 2.31. The second-order valence-corrected chi connectivity index (χ2v) is 7.13. The quantitative estimate of drug-likeness (QED) is 0.931. The predicted molar refractivity (Wildman–Crippen MR) is 76.1 cm³/mol. The van der Waals surface area contributed by atoms with Crippen LogP contribution >= 0.6 is 0 Å². The first kappa shape index (κ1) is 15.4. The maximum Gasteiger partial charge on any atom is 0.243 e. The lowest BCUT2D eigenvalue weighted by molar-refractivity contribution is 0.341. The van der Waals surface area contributed by atoms with Crippen molar-refractivity contribution in [1.82, 2.24) is 4.31 Å². The Hall–Kier alpha value is -0.980. The van der Waals surface area contributed by atoms with Gasteiger partial charge in [0.1, 0.15) is 5.82 Å². The van der Waals surface area contributed by atoms with Crippen LogP contribution in [0, 0.1) is 5.82 Å². The van der Waals surface area contributed by atoms with Gasteiger partial charge in [-0.1, -0.05) is 18.9 Å². The fraction of sp³-hybridized carbons (Fsp3) is 0.571. The molecule has 2 N–H and O–H groups in total. The van der Waals surface area contributed by atoms with Gasteiger partial charge in [-0.15, -0.1) is 0 Å². The highest BCUT2D eigenvalue weighted by atomic mass is 32.2. The lowest BCUT2D eigenvalue weighted by Gasteiger charge is -2.27. The smallest absolute Gasteiger partial charge is 0.243 e. The number of hydrogen-bond donors (Lipinski definition) is 1. The molecule has 0 aliphatic carbocycles. The van der Waals surface area contributed by atoms with Crippen LogP contribution in [0.25, 0.3) is 0 Å². The first-order valence-electron chi connectivity index (χ1n) is 6.97. The molecule has 0 aromatic heterocycles. The number of nitrogens with two attached hydrogens (primary N) is 1. The van der Waals surface area contributed by atoms with Gasteiger partial charge in [-0.25, -0.2) is 12.8 Å². The maximum absolute atomic E-state index is 13.4. The number of halogens is 1. The summed E-state index contributed by atoms with van der Waals surface area (Å²) in [6.45, 7) is 2.48. The summed E-state index contributed by atoms with van der Waals surface area (Å²) in [5, 5.41) is 0. The van der Waals surface area contributed by atoms with E-state index in [0.717, 1.165) is 31.7 Å². The van der Waals surface area contributed by atoms with E-state index >= 15 is 0 Å². The molecule has 1 aliphatic rings. The second kappa shape index (κ2) is 6.20. The van der Waals surface area contributed by atoms with Gasteiger partial charge in [0.2, 0.25) is 10.0 Å². The molecule has 1 atom stereocenters. The van der Waals surface area contributed by atoms with Gasteiger partial charge in [0.15, 0.2) is 0 Å². The summed E-state index contributed by atoms with van der Waals surface area (Å²) >= 11 is 0. The fourth-order valence-electron chi connectivity index (χ4n) is 2.67. The van der Waals surface area contributed by atoms with Crippen LogP contribution < -0.4 is 5.73 Å². The van der Waals surface area contributed by atoms with Crippen molar-refractivity contribution in [2.24, 2.45) is 5.73 Å². The molecule has 4 nitrogen and oxygen atoms in total. The molecule has 1 aromatic carbocycles. The molecule has 20 heavy (non-hydrogen) atoms. The van der Waals surface area contributed by atoms with Gasteiger partial charge in [0, 0.05) is 19.1 Å². The summed E-state index contributed by atoms with van der Waals surface area (Å²) in [7, 11) is -3.69. The number of rotatable bonds is 3. The molecule has 0 radical (unpaired) electrons. The Kier molecular flexibility index (Phi) is 4.78. The lowest BCUT2D eigenvalue weighted by Crippen LogP contribution is -2.38.